The van der Waals surface area contributed by atoms with Gasteiger partial charge in [0.1, 0.15) is 23.4 Å². The highest BCUT2D eigenvalue weighted by molar-refractivity contribution is 7.80. The van der Waals surface area contributed by atoms with Crippen LogP contribution in [0.1, 0.15) is 58.3 Å². The number of nitrogens with zero attached hydrogens (tertiary/aromatic N) is 6. The molecular weight excluding hydrogens is 408 g/mol. The number of benzene rings is 2. The minimum absolute atomic E-state index is 0.0814. The van der Waals surface area contributed by atoms with Crippen LogP contribution in [-0.4, -0.2) is 35.1 Å². The van der Waals surface area contributed by atoms with Gasteiger partial charge in [-0.15, -0.1) is 10.2 Å². The Bertz CT molecular complexity index is 1150. The monoisotopic (exact) mass is 436 g/mol. The van der Waals surface area contributed by atoms with Gasteiger partial charge in [-0.2, -0.15) is 0 Å². The van der Waals surface area contributed by atoms with Crippen molar-refractivity contribution in [2.75, 3.05) is 0 Å². The summed E-state index contributed by atoms with van der Waals surface area (Å²) in [5, 5.41) is 24.9. The number of aromatic nitrogens is 6. The van der Waals surface area contributed by atoms with Gasteiger partial charge in [-0.05, 0) is 55.7 Å². The van der Waals surface area contributed by atoms with Crippen molar-refractivity contribution in [2.24, 2.45) is 0 Å². The van der Waals surface area contributed by atoms with E-state index in [-0.39, 0.29) is 12.3 Å². The van der Waals surface area contributed by atoms with Crippen LogP contribution >= 0.6 is 12.2 Å². The summed E-state index contributed by atoms with van der Waals surface area (Å²) in [7, 11) is 0. The zero-order chi connectivity index (χ0) is 21.6. The summed E-state index contributed by atoms with van der Waals surface area (Å²) in [6, 6.07) is 15.9. The molecule has 0 aliphatic carbocycles. The quantitative estimate of drug-likeness (QED) is 0.378. The lowest BCUT2D eigenvalue weighted by molar-refractivity contribution is 0.365. The van der Waals surface area contributed by atoms with Crippen molar-refractivity contribution < 1.29 is 0 Å². The van der Waals surface area contributed by atoms with Crippen LogP contribution < -0.4 is 10.6 Å². The molecule has 0 aliphatic heterocycles. The van der Waals surface area contributed by atoms with E-state index in [2.05, 4.69) is 45.1 Å². The van der Waals surface area contributed by atoms with Crippen LogP contribution in [0.5, 0.6) is 0 Å². The summed E-state index contributed by atoms with van der Waals surface area (Å²) in [5.41, 5.74) is 3.73. The molecule has 2 unspecified atom stereocenters. The van der Waals surface area contributed by atoms with Crippen LogP contribution in [0.15, 0.2) is 48.5 Å². The Hall–Kier alpha value is -3.07. The number of unbranched alkanes of at least 4 members (excludes halogenated alkanes) is 1. The molecule has 2 N–H and O–H groups in total. The summed E-state index contributed by atoms with van der Waals surface area (Å²) < 4.78 is 3.84. The lowest BCUT2D eigenvalue weighted by Crippen LogP contribution is -2.43. The van der Waals surface area contributed by atoms with Crippen molar-refractivity contribution in [3.63, 3.8) is 0 Å². The second-order valence-electron chi connectivity index (χ2n) is 7.63. The second-order valence-corrected chi connectivity index (χ2v) is 8.03. The highest BCUT2D eigenvalue weighted by Gasteiger charge is 2.20. The molecule has 0 bridgehead atoms. The molecule has 4 aromatic rings. The number of thiocarbonyl (C=S) groups is 1. The Morgan fingerprint density at radius 1 is 0.806 bits per heavy atom. The number of nitrogens with one attached hydrogen (secondary N) is 2. The van der Waals surface area contributed by atoms with Gasteiger partial charge in [0.2, 0.25) is 0 Å². The van der Waals surface area contributed by atoms with Gasteiger partial charge < -0.3 is 10.6 Å². The van der Waals surface area contributed by atoms with Crippen molar-refractivity contribution in [2.45, 2.75) is 58.3 Å². The summed E-state index contributed by atoms with van der Waals surface area (Å²) in [4.78, 5) is 0. The van der Waals surface area contributed by atoms with E-state index in [1.165, 1.54) is 0 Å². The molecule has 0 radical (unpaired) electrons. The fourth-order valence-corrected chi connectivity index (χ4v) is 4.03. The molecule has 0 amide bonds. The molecule has 8 nitrogen and oxygen atoms in total. The molecule has 0 saturated carbocycles. The molecule has 0 aliphatic rings. The van der Waals surface area contributed by atoms with E-state index in [0.29, 0.717) is 5.11 Å². The smallest absolute Gasteiger partial charge is 0.169 e. The highest BCUT2D eigenvalue weighted by Crippen LogP contribution is 2.20. The normalized spacial score (nSPS) is 13.4. The fraction of sp³-hybridized carbons (Fsp3) is 0.409. The molecule has 0 fully saturated rings. The van der Waals surface area contributed by atoms with E-state index in [0.717, 1.165) is 54.2 Å². The van der Waals surface area contributed by atoms with Crippen molar-refractivity contribution in [1.82, 2.24) is 40.6 Å². The Morgan fingerprint density at radius 2 is 1.32 bits per heavy atom. The van der Waals surface area contributed by atoms with Crippen LogP contribution in [0.25, 0.3) is 22.1 Å². The first-order valence-electron chi connectivity index (χ1n) is 10.9. The van der Waals surface area contributed by atoms with Gasteiger partial charge in [0.05, 0.1) is 11.0 Å². The van der Waals surface area contributed by atoms with Crippen LogP contribution in [0.3, 0.4) is 0 Å². The molecule has 0 saturated heterocycles. The van der Waals surface area contributed by atoms with Gasteiger partial charge in [0, 0.05) is 0 Å². The topological polar surface area (TPSA) is 85.5 Å². The zero-order valence-electron chi connectivity index (χ0n) is 17.9. The molecule has 2 atom stereocenters. The van der Waals surface area contributed by atoms with Crippen LogP contribution in [0.2, 0.25) is 0 Å². The molecule has 9 heteroatoms. The van der Waals surface area contributed by atoms with Gasteiger partial charge >= 0.3 is 0 Å². The Morgan fingerprint density at radius 3 is 1.84 bits per heavy atom. The maximum absolute atomic E-state index is 5.72. The molecule has 4 rings (SSSR count). The van der Waals surface area contributed by atoms with E-state index in [1.807, 2.05) is 57.9 Å². The van der Waals surface area contributed by atoms with E-state index in [4.69, 9.17) is 12.2 Å². The van der Waals surface area contributed by atoms with Crippen LogP contribution in [-0.2, 0) is 0 Å². The third-order valence-corrected chi connectivity index (χ3v) is 5.57. The number of hydrogen-bond donors (Lipinski definition) is 2. The van der Waals surface area contributed by atoms with Gasteiger partial charge in [-0.1, -0.05) is 61.4 Å². The first kappa shape index (κ1) is 21.2. The maximum atomic E-state index is 5.72. The minimum atomic E-state index is -0.0864. The summed E-state index contributed by atoms with van der Waals surface area (Å²) in [6.45, 7) is 4.33. The predicted octanol–water partition coefficient (Wildman–Crippen LogP) is 4.33. The SMILES string of the molecule is CCCCC(NC(=S)NC(CCC)n1nnc2ccccc21)n1nnc2ccccc21. The first-order chi connectivity index (χ1) is 15.2. The number of rotatable bonds is 9. The Balaban J connectivity index is 1.54. The minimum Gasteiger partial charge on any atom is -0.341 e. The number of para-hydroxylation sites is 2. The third kappa shape index (κ3) is 4.66. The second kappa shape index (κ2) is 9.82. The van der Waals surface area contributed by atoms with Crippen molar-refractivity contribution in [3.05, 3.63) is 48.5 Å². The molecule has 2 aromatic carbocycles. The standard InChI is InChI=1S/C22H28N8S/c1-3-5-15-21(30-19-14-9-7-12-17(19)26-28-30)24-22(31)23-20(10-4-2)29-18-13-8-6-11-16(18)25-27-29/h6-9,11-14,20-21H,3-5,10,15H2,1-2H3,(H2,23,24,31). The summed E-state index contributed by atoms with van der Waals surface area (Å²) in [6.07, 6.45) is 4.74. The van der Waals surface area contributed by atoms with Crippen LogP contribution in [0.4, 0.5) is 0 Å². The average molecular weight is 437 g/mol. The summed E-state index contributed by atoms with van der Waals surface area (Å²) in [5.74, 6) is 0. The van der Waals surface area contributed by atoms with Crippen molar-refractivity contribution >= 4 is 39.4 Å². The van der Waals surface area contributed by atoms with Gasteiger partial charge in [-0.3, -0.25) is 0 Å². The Kier molecular flexibility index (Phi) is 6.71. The molecule has 31 heavy (non-hydrogen) atoms. The first-order valence-corrected chi connectivity index (χ1v) is 11.3. The van der Waals surface area contributed by atoms with Crippen molar-refractivity contribution in [3.8, 4) is 0 Å². The number of fused-ring (bicyclic) bond motifs is 2. The summed E-state index contributed by atoms with van der Waals surface area (Å²) >= 11 is 5.72. The van der Waals surface area contributed by atoms with Crippen LogP contribution in [0, 0.1) is 0 Å². The third-order valence-electron chi connectivity index (χ3n) is 5.33. The van der Waals surface area contributed by atoms with Gasteiger partial charge in [0.25, 0.3) is 0 Å². The average Bonchev–Trinajstić information content (AvgIpc) is 3.41. The lowest BCUT2D eigenvalue weighted by atomic mass is 10.2. The molecule has 2 heterocycles. The van der Waals surface area contributed by atoms with E-state index >= 15 is 0 Å². The van der Waals surface area contributed by atoms with E-state index in [1.54, 1.807) is 0 Å². The largest absolute Gasteiger partial charge is 0.341 e. The molecule has 0 spiro atoms. The lowest BCUT2D eigenvalue weighted by Gasteiger charge is -2.25. The highest BCUT2D eigenvalue weighted by atomic mass is 32.1. The molecule has 162 valence electrons. The van der Waals surface area contributed by atoms with E-state index < -0.39 is 0 Å². The predicted molar refractivity (Wildman–Crippen MR) is 126 cm³/mol. The number of hydrogen-bond acceptors (Lipinski definition) is 5. The van der Waals surface area contributed by atoms with Gasteiger partial charge in [0.15, 0.2) is 5.11 Å². The fourth-order valence-electron chi connectivity index (χ4n) is 3.76. The van der Waals surface area contributed by atoms with Crippen molar-refractivity contribution in [1.29, 1.82) is 0 Å². The van der Waals surface area contributed by atoms with Gasteiger partial charge in [-0.25, -0.2) is 9.36 Å². The molecule has 2 aromatic heterocycles. The Labute approximate surface area is 187 Å². The maximum Gasteiger partial charge on any atom is 0.169 e. The molecular formula is C22H28N8S. The van der Waals surface area contributed by atoms with E-state index in [9.17, 15) is 0 Å². The zero-order valence-corrected chi connectivity index (χ0v) is 18.7.